The van der Waals surface area contributed by atoms with Crippen LogP contribution in [0.5, 0.6) is 0 Å². The van der Waals surface area contributed by atoms with E-state index >= 15 is 0 Å². The molecule has 0 saturated heterocycles. The Labute approximate surface area is 103 Å². The predicted molar refractivity (Wildman–Crippen MR) is 66.6 cm³/mol. The Hall–Kier alpha value is -1.10. The number of carboxylic acids is 1. The molecule has 0 saturated carbocycles. The van der Waals surface area contributed by atoms with Crippen molar-refractivity contribution in [1.29, 1.82) is 0 Å². The molecule has 0 aliphatic rings. The van der Waals surface area contributed by atoms with Gasteiger partial charge in [-0.3, -0.25) is 9.59 Å². The third-order valence-corrected chi connectivity index (χ3v) is 2.82. The van der Waals surface area contributed by atoms with Gasteiger partial charge in [-0.1, -0.05) is 20.8 Å². The molecular weight excluding hydrogens is 220 g/mol. The van der Waals surface area contributed by atoms with Crippen LogP contribution in [0.2, 0.25) is 0 Å². The van der Waals surface area contributed by atoms with Gasteiger partial charge in [-0.15, -0.1) is 0 Å². The molecular formula is C12H24N2O3. The minimum atomic E-state index is -0.836. The molecule has 5 nitrogen and oxygen atoms in total. The molecule has 1 unspecified atom stereocenters. The first-order valence-electron chi connectivity index (χ1n) is 5.86. The van der Waals surface area contributed by atoms with Crippen molar-refractivity contribution < 1.29 is 14.7 Å². The monoisotopic (exact) mass is 244 g/mol. The second-order valence-electron chi connectivity index (χ2n) is 5.49. The van der Waals surface area contributed by atoms with Gasteiger partial charge < -0.3 is 15.7 Å². The summed E-state index contributed by atoms with van der Waals surface area (Å²) in [5, 5.41) is 8.49. The van der Waals surface area contributed by atoms with E-state index in [1.165, 1.54) is 0 Å². The van der Waals surface area contributed by atoms with Crippen molar-refractivity contribution in [1.82, 2.24) is 4.90 Å². The highest BCUT2D eigenvalue weighted by Crippen LogP contribution is 2.20. The average molecular weight is 244 g/mol. The van der Waals surface area contributed by atoms with Gasteiger partial charge in [0.2, 0.25) is 5.91 Å². The van der Waals surface area contributed by atoms with Crippen molar-refractivity contribution in [2.45, 2.75) is 46.1 Å². The molecule has 0 aromatic rings. The van der Waals surface area contributed by atoms with Gasteiger partial charge in [-0.25, -0.2) is 0 Å². The van der Waals surface area contributed by atoms with Crippen molar-refractivity contribution in [3.63, 3.8) is 0 Å². The number of carbonyl (C=O) groups is 2. The minimum absolute atomic E-state index is 0.0298. The van der Waals surface area contributed by atoms with Crippen LogP contribution in [0.15, 0.2) is 0 Å². The number of rotatable bonds is 6. The maximum atomic E-state index is 11.8. The molecule has 0 spiro atoms. The van der Waals surface area contributed by atoms with E-state index in [2.05, 4.69) is 0 Å². The second kappa shape index (κ2) is 6.59. The van der Waals surface area contributed by atoms with Crippen LogP contribution in [0, 0.1) is 5.41 Å². The van der Waals surface area contributed by atoms with E-state index in [0.29, 0.717) is 19.4 Å². The third-order valence-electron chi connectivity index (χ3n) is 2.82. The SMILES string of the molecule is CN(CCCC(=O)O)C(=O)CC(N)C(C)(C)C. The maximum absolute atomic E-state index is 11.8. The first-order valence-corrected chi connectivity index (χ1v) is 5.86. The molecule has 3 N–H and O–H groups in total. The topological polar surface area (TPSA) is 83.6 Å². The van der Waals surface area contributed by atoms with E-state index in [0.717, 1.165) is 0 Å². The zero-order valence-corrected chi connectivity index (χ0v) is 11.2. The molecule has 0 fully saturated rings. The normalized spacial score (nSPS) is 13.2. The zero-order chi connectivity index (χ0) is 13.6. The van der Waals surface area contributed by atoms with Crippen LogP contribution in [0.4, 0.5) is 0 Å². The molecule has 100 valence electrons. The fraction of sp³-hybridized carbons (Fsp3) is 0.833. The Morgan fingerprint density at radius 2 is 1.88 bits per heavy atom. The first-order chi connectivity index (χ1) is 7.64. The number of nitrogens with two attached hydrogens (primary N) is 1. The van der Waals surface area contributed by atoms with Crippen LogP contribution in [0.3, 0.4) is 0 Å². The predicted octanol–water partition coefficient (Wildman–Crippen LogP) is 1.07. The number of carboxylic acid groups (broad SMARTS) is 1. The summed E-state index contributed by atoms with van der Waals surface area (Å²) in [5.41, 5.74) is 5.83. The van der Waals surface area contributed by atoms with Gasteiger partial charge in [0.05, 0.1) is 0 Å². The highest BCUT2D eigenvalue weighted by Gasteiger charge is 2.24. The molecule has 0 radical (unpaired) electrons. The van der Waals surface area contributed by atoms with Crippen LogP contribution in [0.1, 0.15) is 40.0 Å². The van der Waals surface area contributed by atoms with Crippen LogP contribution in [-0.4, -0.2) is 41.5 Å². The maximum Gasteiger partial charge on any atom is 0.303 e. The molecule has 1 amide bonds. The van der Waals surface area contributed by atoms with Crippen LogP contribution >= 0.6 is 0 Å². The second-order valence-corrected chi connectivity index (χ2v) is 5.49. The smallest absolute Gasteiger partial charge is 0.303 e. The van der Waals surface area contributed by atoms with Gasteiger partial charge in [0.1, 0.15) is 0 Å². The van der Waals surface area contributed by atoms with Gasteiger partial charge in [0.15, 0.2) is 0 Å². The highest BCUT2D eigenvalue weighted by molar-refractivity contribution is 5.76. The number of amides is 1. The average Bonchev–Trinajstić information content (AvgIpc) is 2.15. The fourth-order valence-corrected chi connectivity index (χ4v) is 1.24. The molecule has 1 atom stereocenters. The van der Waals surface area contributed by atoms with E-state index < -0.39 is 5.97 Å². The lowest BCUT2D eigenvalue weighted by atomic mass is 9.85. The number of hydrogen-bond donors (Lipinski definition) is 2. The van der Waals surface area contributed by atoms with E-state index in [-0.39, 0.29) is 23.8 Å². The lowest BCUT2D eigenvalue weighted by molar-refractivity contribution is -0.138. The molecule has 5 heteroatoms. The molecule has 17 heavy (non-hydrogen) atoms. The number of carbonyl (C=O) groups excluding carboxylic acids is 1. The zero-order valence-electron chi connectivity index (χ0n) is 11.2. The van der Waals surface area contributed by atoms with Crippen LogP contribution in [0.25, 0.3) is 0 Å². The summed E-state index contributed by atoms with van der Waals surface area (Å²) in [6.45, 7) is 6.45. The van der Waals surface area contributed by atoms with Crippen molar-refractivity contribution >= 4 is 11.9 Å². The third kappa shape index (κ3) is 6.94. The summed E-state index contributed by atoms with van der Waals surface area (Å²) in [6.07, 6.45) is 0.859. The molecule has 0 aliphatic heterocycles. The van der Waals surface area contributed by atoms with Gasteiger partial charge in [0.25, 0.3) is 0 Å². The molecule has 0 rings (SSSR count). The lowest BCUT2D eigenvalue weighted by Crippen LogP contribution is -2.41. The Morgan fingerprint density at radius 1 is 1.35 bits per heavy atom. The van der Waals surface area contributed by atoms with Gasteiger partial charge >= 0.3 is 5.97 Å². The van der Waals surface area contributed by atoms with Crippen molar-refractivity contribution in [3.8, 4) is 0 Å². The Balaban J connectivity index is 4.02. The summed E-state index contributed by atoms with van der Waals surface area (Å²) in [7, 11) is 1.68. The quantitative estimate of drug-likeness (QED) is 0.732. The van der Waals surface area contributed by atoms with Gasteiger partial charge in [0, 0.05) is 32.5 Å². The fourth-order valence-electron chi connectivity index (χ4n) is 1.24. The van der Waals surface area contributed by atoms with E-state index in [1.54, 1.807) is 11.9 Å². The number of aliphatic carboxylic acids is 1. The molecule has 0 aromatic carbocycles. The van der Waals surface area contributed by atoms with Crippen molar-refractivity contribution in [3.05, 3.63) is 0 Å². The Morgan fingerprint density at radius 3 is 2.29 bits per heavy atom. The Bertz CT molecular complexity index is 271. The highest BCUT2D eigenvalue weighted by atomic mass is 16.4. The summed E-state index contributed by atoms with van der Waals surface area (Å²) in [6, 6.07) is -0.183. The summed E-state index contributed by atoms with van der Waals surface area (Å²) >= 11 is 0. The van der Waals surface area contributed by atoms with Crippen molar-refractivity contribution in [2.75, 3.05) is 13.6 Å². The molecule has 0 aliphatic carbocycles. The van der Waals surface area contributed by atoms with Crippen LogP contribution in [-0.2, 0) is 9.59 Å². The summed E-state index contributed by atoms with van der Waals surface area (Å²) < 4.78 is 0. The van der Waals surface area contributed by atoms with Gasteiger partial charge in [-0.2, -0.15) is 0 Å². The molecule has 0 heterocycles. The summed E-state index contributed by atoms with van der Waals surface area (Å²) in [5.74, 6) is -0.866. The Kier molecular flexibility index (Phi) is 6.16. The molecule has 0 aromatic heterocycles. The van der Waals surface area contributed by atoms with E-state index in [1.807, 2.05) is 20.8 Å². The number of nitrogens with zero attached hydrogens (tertiary/aromatic N) is 1. The lowest BCUT2D eigenvalue weighted by Gasteiger charge is -2.28. The van der Waals surface area contributed by atoms with Crippen LogP contribution < -0.4 is 5.73 Å². The number of hydrogen-bond acceptors (Lipinski definition) is 3. The van der Waals surface area contributed by atoms with Crippen molar-refractivity contribution in [2.24, 2.45) is 11.1 Å². The van der Waals surface area contributed by atoms with Gasteiger partial charge in [-0.05, 0) is 11.8 Å². The standard InChI is InChI=1S/C12H24N2O3/c1-12(2,3)9(13)8-10(15)14(4)7-5-6-11(16)17/h9H,5-8,13H2,1-4H3,(H,16,17). The first kappa shape index (κ1) is 15.9. The van der Waals surface area contributed by atoms with E-state index in [9.17, 15) is 9.59 Å². The van der Waals surface area contributed by atoms with E-state index in [4.69, 9.17) is 10.8 Å². The molecule has 0 bridgehead atoms. The summed E-state index contributed by atoms with van der Waals surface area (Å²) in [4.78, 5) is 23.7. The minimum Gasteiger partial charge on any atom is -0.481 e. The largest absolute Gasteiger partial charge is 0.481 e.